The molecule has 2 aromatic rings. The van der Waals surface area contributed by atoms with E-state index in [2.05, 4.69) is 0 Å². The maximum atomic E-state index is 13.2. The van der Waals surface area contributed by atoms with E-state index in [1.54, 1.807) is 18.2 Å². The Kier molecular flexibility index (Phi) is 5.25. The van der Waals surface area contributed by atoms with Crippen molar-refractivity contribution < 1.29 is 18.7 Å². The minimum atomic E-state index is -1.03. The Hall–Kier alpha value is -1.53. The number of hydrogen-bond acceptors (Lipinski definition) is 3. The maximum Gasteiger partial charge on any atom is 0.337 e. The van der Waals surface area contributed by atoms with Gasteiger partial charge in [0.15, 0.2) is 11.6 Å². The van der Waals surface area contributed by atoms with Crippen LogP contribution in [0.4, 0.5) is 8.78 Å². The molecule has 0 radical (unpaired) electrons. The van der Waals surface area contributed by atoms with Crippen LogP contribution >= 0.6 is 23.5 Å². The van der Waals surface area contributed by atoms with Gasteiger partial charge in [0.25, 0.3) is 0 Å². The average molecular weight is 326 g/mol. The highest BCUT2D eigenvalue weighted by molar-refractivity contribution is 8.00. The van der Waals surface area contributed by atoms with E-state index in [9.17, 15) is 18.7 Å². The monoisotopic (exact) mass is 326 g/mol. The summed E-state index contributed by atoms with van der Waals surface area (Å²) in [6.45, 7) is 1.94. The molecule has 0 fully saturated rings. The molecule has 0 unspecified atom stereocenters. The maximum absolute atomic E-state index is 13.2. The first kappa shape index (κ1) is 15.9. The molecule has 2 nitrogen and oxygen atoms in total. The van der Waals surface area contributed by atoms with Crippen LogP contribution in [0.5, 0.6) is 0 Å². The van der Waals surface area contributed by atoms with Crippen LogP contribution in [0.1, 0.15) is 17.3 Å². The van der Waals surface area contributed by atoms with Crippen molar-refractivity contribution in [2.75, 3.05) is 5.75 Å². The van der Waals surface area contributed by atoms with E-state index in [0.717, 1.165) is 29.6 Å². The Morgan fingerprint density at radius 1 is 1.14 bits per heavy atom. The number of thioether (sulfide) groups is 1. The van der Waals surface area contributed by atoms with Gasteiger partial charge in [-0.15, -0.1) is 11.8 Å². The second kappa shape index (κ2) is 6.95. The van der Waals surface area contributed by atoms with E-state index in [4.69, 9.17) is 0 Å². The normalized spacial score (nSPS) is 10.6. The van der Waals surface area contributed by atoms with Crippen LogP contribution in [0.3, 0.4) is 0 Å². The lowest BCUT2D eigenvalue weighted by Crippen LogP contribution is -2.01. The molecular formula is C15H12F2O2S2. The van der Waals surface area contributed by atoms with Crippen LogP contribution in [0.2, 0.25) is 0 Å². The van der Waals surface area contributed by atoms with Gasteiger partial charge < -0.3 is 5.11 Å². The fraction of sp³-hybridized carbons (Fsp3) is 0.133. The Balaban J connectivity index is 2.41. The Labute approximate surface area is 129 Å². The van der Waals surface area contributed by atoms with E-state index in [1.165, 1.54) is 17.8 Å². The SMILES string of the molecule is CCSc1cccc(Sc2ccc(F)c(F)c2)c1C(=O)O. The van der Waals surface area contributed by atoms with Crippen molar-refractivity contribution in [1.82, 2.24) is 0 Å². The molecule has 0 saturated heterocycles. The first-order valence-electron chi connectivity index (χ1n) is 6.15. The van der Waals surface area contributed by atoms with Gasteiger partial charge in [0, 0.05) is 14.7 Å². The molecule has 21 heavy (non-hydrogen) atoms. The van der Waals surface area contributed by atoms with Gasteiger partial charge in [-0.3, -0.25) is 0 Å². The zero-order chi connectivity index (χ0) is 15.4. The number of carboxylic acids is 1. The summed E-state index contributed by atoms with van der Waals surface area (Å²) in [5, 5.41) is 9.39. The van der Waals surface area contributed by atoms with Gasteiger partial charge in [-0.05, 0) is 36.1 Å². The van der Waals surface area contributed by atoms with Crippen LogP contribution in [-0.4, -0.2) is 16.8 Å². The highest BCUT2D eigenvalue weighted by Gasteiger charge is 2.17. The molecule has 0 spiro atoms. The van der Waals surface area contributed by atoms with Gasteiger partial charge in [-0.25, -0.2) is 13.6 Å². The molecule has 2 rings (SSSR count). The van der Waals surface area contributed by atoms with Crippen LogP contribution in [0.15, 0.2) is 51.1 Å². The first-order chi connectivity index (χ1) is 10.0. The Morgan fingerprint density at radius 2 is 1.86 bits per heavy atom. The van der Waals surface area contributed by atoms with Gasteiger partial charge in [0.2, 0.25) is 0 Å². The molecular weight excluding hydrogens is 314 g/mol. The quantitative estimate of drug-likeness (QED) is 0.791. The molecule has 0 bridgehead atoms. The summed E-state index contributed by atoms with van der Waals surface area (Å²) in [6.07, 6.45) is 0. The van der Waals surface area contributed by atoms with Crippen molar-refractivity contribution in [2.45, 2.75) is 21.6 Å². The van der Waals surface area contributed by atoms with Crippen LogP contribution in [-0.2, 0) is 0 Å². The largest absolute Gasteiger partial charge is 0.478 e. The van der Waals surface area contributed by atoms with Gasteiger partial charge in [-0.1, -0.05) is 24.8 Å². The first-order valence-corrected chi connectivity index (χ1v) is 7.95. The van der Waals surface area contributed by atoms with Crippen molar-refractivity contribution >= 4 is 29.5 Å². The fourth-order valence-electron chi connectivity index (χ4n) is 1.75. The zero-order valence-electron chi connectivity index (χ0n) is 11.1. The van der Waals surface area contributed by atoms with E-state index in [-0.39, 0.29) is 5.56 Å². The fourth-order valence-corrected chi connectivity index (χ4v) is 3.64. The van der Waals surface area contributed by atoms with Crippen LogP contribution < -0.4 is 0 Å². The van der Waals surface area contributed by atoms with Crippen molar-refractivity contribution in [3.05, 3.63) is 53.6 Å². The van der Waals surface area contributed by atoms with Gasteiger partial charge >= 0.3 is 5.97 Å². The van der Waals surface area contributed by atoms with E-state index < -0.39 is 17.6 Å². The molecule has 6 heteroatoms. The number of rotatable bonds is 5. The lowest BCUT2D eigenvalue weighted by molar-refractivity contribution is 0.0689. The standard InChI is InChI=1S/C15H12F2O2S2/c1-2-20-12-4-3-5-13(14(12)15(18)19)21-9-6-7-10(16)11(17)8-9/h3-8H,2H2,1H3,(H,18,19). The van der Waals surface area contributed by atoms with E-state index in [0.29, 0.717) is 14.7 Å². The Bertz CT molecular complexity index is 675. The average Bonchev–Trinajstić information content (AvgIpc) is 2.43. The molecule has 2 aromatic carbocycles. The summed E-state index contributed by atoms with van der Waals surface area (Å²) in [5.74, 6) is -2.15. The Morgan fingerprint density at radius 3 is 2.48 bits per heavy atom. The third kappa shape index (κ3) is 3.77. The third-order valence-corrected chi connectivity index (χ3v) is 4.61. The summed E-state index contributed by atoms with van der Waals surface area (Å²) in [7, 11) is 0. The molecule has 0 amide bonds. The lowest BCUT2D eigenvalue weighted by atomic mass is 10.2. The molecule has 0 atom stereocenters. The highest BCUT2D eigenvalue weighted by atomic mass is 32.2. The second-order valence-corrected chi connectivity index (χ2v) is 6.47. The highest BCUT2D eigenvalue weighted by Crippen LogP contribution is 2.35. The molecule has 0 aliphatic heterocycles. The predicted molar refractivity (Wildman–Crippen MR) is 80.3 cm³/mol. The predicted octanol–water partition coefficient (Wildman–Crippen LogP) is 4.93. The summed E-state index contributed by atoms with van der Waals surface area (Å²) < 4.78 is 26.2. The van der Waals surface area contributed by atoms with E-state index in [1.807, 2.05) is 6.92 Å². The summed E-state index contributed by atoms with van der Waals surface area (Å²) >= 11 is 2.54. The third-order valence-electron chi connectivity index (χ3n) is 2.62. The summed E-state index contributed by atoms with van der Waals surface area (Å²) in [4.78, 5) is 13.1. The molecule has 0 heterocycles. The van der Waals surface area contributed by atoms with Gasteiger partial charge in [0.1, 0.15) is 0 Å². The second-order valence-electron chi connectivity index (χ2n) is 4.05. The topological polar surface area (TPSA) is 37.3 Å². The molecule has 0 aromatic heterocycles. The minimum Gasteiger partial charge on any atom is -0.478 e. The lowest BCUT2D eigenvalue weighted by Gasteiger charge is -2.10. The molecule has 0 aliphatic carbocycles. The number of carbonyl (C=O) groups is 1. The smallest absolute Gasteiger partial charge is 0.337 e. The van der Waals surface area contributed by atoms with Gasteiger partial charge in [-0.2, -0.15) is 0 Å². The van der Waals surface area contributed by atoms with Crippen LogP contribution in [0.25, 0.3) is 0 Å². The summed E-state index contributed by atoms with van der Waals surface area (Å²) in [6, 6.07) is 8.68. The number of aromatic carboxylic acids is 1. The molecule has 0 aliphatic rings. The number of benzene rings is 2. The van der Waals surface area contributed by atoms with Crippen LogP contribution in [0, 0.1) is 11.6 Å². The molecule has 110 valence electrons. The van der Waals surface area contributed by atoms with E-state index >= 15 is 0 Å². The van der Waals surface area contributed by atoms with Crippen molar-refractivity contribution in [3.8, 4) is 0 Å². The zero-order valence-corrected chi connectivity index (χ0v) is 12.7. The van der Waals surface area contributed by atoms with Crippen molar-refractivity contribution in [2.24, 2.45) is 0 Å². The van der Waals surface area contributed by atoms with Crippen molar-refractivity contribution in [3.63, 3.8) is 0 Å². The molecule has 0 saturated carbocycles. The van der Waals surface area contributed by atoms with Crippen molar-refractivity contribution in [1.29, 1.82) is 0 Å². The molecule has 1 N–H and O–H groups in total. The summed E-state index contributed by atoms with van der Waals surface area (Å²) in [5.41, 5.74) is 0.194. The number of halogens is 2. The number of hydrogen-bond donors (Lipinski definition) is 1. The van der Waals surface area contributed by atoms with Gasteiger partial charge in [0.05, 0.1) is 5.56 Å². The number of carboxylic acid groups (broad SMARTS) is 1. The minimum absolute atomic E-state index is 0.194.